The lowest BCUT2D eigenvalue weighted by Gasteiger charge is -2.53. The van der Waals surface area contributed by atoms with E-state index in [9.17, 15) is 23.1 Å². The maximum atomic E-state index is 12.9. The van der Waals surface area contributed by atoms with Crippen LogP contribution in [0.1, 0.15) is 36.5 Å². The lowest BCUT2D eigenvalue weighted by molar-refractivity contribution is -0.154. The van der Waals surface area contributed by atoms with Gasteiger partial charge in [-0.1, -0.05) is 60.7 Å². The molecule has 1 amide bonds. The zero-order chi connectivity index (χ0) is 32.8. The van der Waals surface area contributed by atoms with Crippen molar-refractivity contribution >= 4 is 5.91 Å². The van der Waals surface area contributed by atoms with Crippen molar-refractivity contribution in [1.82, 2.24) is 24.7 Å². The van der Waals surface area contributed by atoms with Crippen molar-refractivity contribution in [3.8, 4) is 17.8 Å². The van der Waals surface area contributed by atoms with E-state index in [2.05, 4.69) is 44.0 Å². The molecule has 0 unspecified atom stereocenters. The predicted octanol–water partition coefficient (Wildman–Crippen LogP) is 3.73. The number of amides is 1. The van der Waals surface area contributed by atoms with Crippen LogP contribution >= 0.6 is 0 Å². The minimum atomic E-state index is -4.57. The number of benzene rings is 2. The molecular weight excluding hydrogens is 603 g/mol. The molecule has 2 aliphatic heterocycles. The molecule has 2 atom stereocenters. The normalized spacial score (nSPS) is 19.3. The van der Waals surface area contributed by atoms with Crippen LogP contribution in [0.2, 0.25) is 0 Å². The van der Waals surface area contributed by atoms with Crippen LogP contribution in [0.4, 0.5) is 13.2 Å². The van der Waals surface area contributed by atoms with E-state index >= 15 is 0 Å². The Morgan fingerprint density at radius 2 is 1.59 bits per heavy atom. The second kappa shape index (κ2) is 14.7. The first-order valence-corrected chi connectivity index (χ1v) is 15.3. The average Bonchev–Trinajstić information content (AvgIpc) is 3.04. The number of carbonyl (C=O) groups excluding carboxylic acids is 1. The Bertz CT molecular complexity index is 1410. The van der Waals surface area contributed by atoms with Crippen molar-refractivity contribution in [3.63, 3.8) is 0 Å². The molecule has 5 rings (SSSR count). The van der Waals surface area contributed by atoms with Gasteiger partial charge in [-0.15, -0.1) is 0 Å². The molecule has 248 valence electrons. The zero-order valence-corrected chi connectivity index (χ0v) is 26.2. The quantitative estimate of drug-likeness (QED) is 0.335. The molecule has 1 N–H and O–H groups in total. The van der Waals surface area contributed by atoms with Gasteiger partial charge < -0.3 is 24.2 Å². The topological polar surface area (TPSA) is 100 Å². The molecule has 2 fully saturated rings. The van der Waals surface area contributed by atoms with E-state index < -0.39 is 25.4 Å². The molecular formula is C33H40F3N5O5. The summed E-state index contributed by atoms with van der Waals surface area (Å²) in [6, 6.07) is 20.0. The van der Waals surface area contributed by atoms with Crippen LogP contribution in [0.25, 0.3) is 0 Å². The summed E-state index contributed by atoms with van der Waals surface area (Å²) >= 11 is 0. The Hall–Kier alpha value is -3.94. The molecule has 0 radical (unpaired) electrons. The molecule has 0 bridgehead atoms. The number of carbonyl (C=O) groups is 1. The highest BCUT2D eigenvalue weighted by Crippen LogP contribution is 2.38. The third-order valence-electron chi connectivity index (χ3n) is 8.26. The molecule has 2 aliphatic rings. The molecule has 0 saturated carbocycles. The molecule has 46 heavy (non-hydrogen) atoms. The van der Waals surface area contributed by atoms with Gasteiger partial charge in [-0.25, -0.2) is 0 Å². The maximum absolute atomic E-state index is 12.9. The van der Waals surface area contributed by atoms with Crippen molar-refractivity contribution in [2.24, 2.45) is 0 Å². The second-order valence-electron chi connectivity index (χ2n) is 11.8. The van der Waals surface area contributed by atoms with Crippen molar-refractivity contribution < 1.29 is 37.3 Å². The van der Waals surface area contributed by atoms with E-state index in [0.717, 1.165) is 11.1 Å². The minimum Gasteiger partial charge on any atom is -0.481 e. The van der Waals surface area contributed by atoms with Crippen LogP contribution < -0.4 is 14.2 Å². The molecule has 13 heteroatoms. The highest BCUT2D eigenvalue weighted by Gasteiger charge is 2.43. The fraction of sp³-hybridized carbons (Fsp3) is 0.485. The van der Waals surface area contributed by atoms with Crippen LogP contribution in [0.3, 0.4) is 0 Å². The van der Waals surface area contributed by atoms with Gasteiger partial charge >= 0.3 is 12.2 Å². The van der Waals surface area contributed by atoms with Crippen LogP contribution in [0.15, 0.2) is 60.7 Å². The van der Waals surface area contributed by atoms with Gasteiger partial charge in [0.25, 0.3) is 0 Å². The molecule has 0 spiro atoms. The van der Waals surface area contributed by atoms with E-state index in [4.69, 9.17) is 14.2 Å². The number of aromatic nitrogens is 2. The first kappa shape index (κ1) is 33.4. The zero-order valence-electron chi connectivity index (χ0n) is 26.2. The van der Waals surface area contributed by atoms with Crippen LogP contribution in [-0.4, -0.2) is 113 Å². The van der Waals surface area contributed by atoms with E-state index in [1.807, 2.05) is 36.4 Å². The van der Waals surface area contributed by atoms with Gasteiger partial charge in [-0.3, -0.25) is 14.6 Å². The summed E-state index contributed by atoms with van der Waals surface area (Å²) < 4.78 is 55.1. The molecule has 3 heterocycles. The largest absolute Gasteiger partial charge is 0.481 e. The summed E-state index contributed by atoms with van der Waals surface area (Å²) in [5, 5.41) is 9.60. The summed E-state index contributed by atoms with van der Waals surface area (Å²) in [6.07, 6.45) is -4.90. The fourth-order valence-electron chi connectivity index (χ4n) is 6.41. The minimum absolute atomic E-state index is 0.00420. The summed E-state index contributed by atoms with van der Waals surface area (Å²) in [5.74, 6) is -0.171. The summed E-state index contributed by atoms with van der Waals surface area (Å²) in [4.78, 5) is 27.3. The smallest absolute Gasteiger partial charge is 0.422 e. The highest BCUT2D eigenvalue weighted by atomic mass is 19.4. The van der Waals surface area contributed by atoms with E-state index in [0.29, 0.717) is 38.3 Å². The number of hydrogen-bond acceptors (Lipinski definition) is 9. The van der Waals surface area contributed by atoms with Gasteiger partial charge in [0.15, 0.2) is 6.61 Å². The lowest BCUT2D eigenvalue weighted by Crippen LogP contribution is -2.67. The summed E-state index contributed by atoms with van der Waals surface area (Å²) in [7, 11) is 1.39. The molecule has 10 nitrogen and oxygen atoms in total. The van der Waals surface area contributed by atoms with Gasteiger partial charge in [0, 0.05) is 57.3 Å². The number of methoxy groups -OCH3 is 1. The van der Waals surface area contributed by atoms with Crippen molar-refractivity contribution in [2.45, 2.75) is 50.7 Å². The van der Waals surface area contributed by atoms with Gasteiger partial charge in [0.2, 0.25) is 17.7 Å². The van der Waals surface area contributed by atoms with E-state index in [1.54, 1.807) is 18.7 Å². The van der Waals surface area contributed by atoms with E-state index in [-0.39, 0.29) is 48.3 Å². The van der Waals surface area contributed by atoms with Crippen LogP contribution in [0.5, 0.6) is 17.8 Å². The third-order valence-corrected chi connectivity index (χ3v) is 8.26. The number of aliphatic hydroxyl groups is 1. The SMILES string of the molecule is COc1nc(OCC(F)(F)F)nc(OC(C)C)c1CN1C[C@H]2CN(C(=O)CO)CCN2[C@H](C(c2ccccc2)c2ccccc2)C1. The van der Waals surface area contributed by atoms with Crippen LogP contribution in [-0.2, 0) is 11.3 Å². The number of rotatable bonds is 11. The Morgan fingerprint density at radius 1 is 0.957 bits per heavy atom. The number of ether oxygens (including phenoxy) is 3. The van der Waals surface area contributed by atoms with E-state index in [1.165, 1.54) is 7.11 Å². The second-order valence-corrected chi connectivity index (χ2v) is 11.8. The first-order valence-electron chi connectivity index (χ1n) is 15.3. The summed E-state index contributed by atoms with van der Waals surface area (Å²) in [6.45, 7) is 4.54. The standard InChI is InChI=1S/C33H40F3N5O5/c1-22(2)46-31-26(30(44-3)37-32(38-31)45-21-33(34,35)36)18-39-16-25-17-40(28(43)20-42)14-15-41(25)27(19-39)29(23-10-6-4-7-11-23)24-12-8-5-9-13-24/h4-13,22,25,27,29,42H,14-21H2,1-3H3/t25-,27-/m0/s1. The monoisotopic (exact) mass is 643 g/mol. The number of hydrogen-bond donors (Lipinski definition) is 1. The van der Waals surface area contributed by atoms with Gasteiger partial charge in [0.05, 0.1) is 18.8 Å². The molecule has 3 aromatic rings. The predicted molar refractivity (Wildman–Crippen MR) is 164 cm³/mol. The Morgan fingerprint density at radius 3 is 2.15 bits per heavy atom. The highest BCUT2D eigenvalue weighted by molar-refractivity contribution is 5.77. The molecule has 2 aromatic carbocycles. The van der Waals surface area contributed by atoms with Gasteiger partial charge in [0.1, 0.15) is 6.61 Å². The summed E-state index contributed by atoms with van der Waals surface area (Å²) in [5.41, 5.74) is 2.80. The van der Waals surface area contributed by atoms with Crippen molar-refractivity contribution in [3.05, 3.63) is 77.4 Å². The Balaban J connectivity index is 1.53. The van der Waals surface area contributed by atoms with Gasteiger partial charge in [-0.2, -0.15) is 23.1 Å². The number of halogens is 3. The number of piperazine rings is 2. The van der Waals surface area contributed by atoms with Crippen molar-refractivity contribution in [2.75, 3.05) is 53.0 Å². The number of nitrogens with zero attached hydrogens (tertiary/aromatic N) is 5. The first-order chi connectivity index (χ1) is 22.1. The lowest BCUT2D eigenvalue weighted by atomic mass is 9.81. The maximum Gasteiger partial charge on any atom is 0.422 e. The number of fused-ring (bicyclic) bond motifs is 1. The van der Waals surface area contributed by atoms with Gasteiger partial charge in [-0.05, 0) is 25.0 Å². The molecule has 0 aliphatic carbocycles. The Kier molecular flexibility index (Phi) is 10.6. The Labute approximate surface area is 266 Å². The number of alkyl halides is 3. The van der Waals surface area contributed by atoms with Crippen molar-refractivity contribution in [1.29, 1.82) is 0 Å². The average molecular weight is 644 g/mol. The fourth-order valence-corrected chi connectivity index (χ4v) is 6.41. The van der Waals surface area contributed by atoms with Crippen LogP contribution in [0, 0.1) is 0 Å². The molecule has 2 saturated heterocycles. The molecule has 1 aromatic heterocycles. The number of aliphatic hydroxyl groups excluding tert-OH is 1. The third kappa shape index (κ3) is 8.06.